The Morgan fingerprint density at radius 1 is 1.33 bits per heavy atom. The molecule has 2 heterocycles. The maximum Gasteiger partial charge on any atom is 0.107 e. The van der Waals surface area contributed by atoms with Gasteiger partial charge in [0.15, 0.2) is 0 Å². The fraction of sp³-hybridized carbons (Fsp3) is 0.562. The second-order valence-electron chi connectivity index (χ2n) is 5.98. The normalized spacial score (nSPS) is 15.2. The predicted octanol–water partition coefficient (Wildman–Crippen LogP) is 3.87. The third-order valence-corrected chi connectivity index (χ3v) is 5.39. The van der Waals surface area contributed by atoms with Gasteiger partial charge in [-0.1, -0.05) is 19.9 Å². The molecule has 1 saturated carbocycles. The van der Waals surface area contributed by atoms with Gasteiger partial charge in [-0.05, 0) is 24.3 Å². The molecule has 1 N–H and O–H groups in total. The summed E-state index contributed by atoms with van der Waals surface area (Å²) in [5.74, 6) is 0. The fourth-order valence-electron chi connectivity index (χ4n) is 2.36. The van der Waals surface area contributed by atoms with Gasteiger partial charge in [0.2, 0.25) is 0 Å². The highest BCUT2D eigenvalue weighted by atomic mass is 32.1. The quantitative estimate of drug-likeness (QED) is 0.800. The van der Waals surface area contributed by atoms with E-state index in [0.29, 0.717) is 6.04 Å². The van der Waals surface area contributed by atoms with Crippen molar-refractivity contribution in [3.8, 4) is 0 Å². The Bertz CT molecular complexity index is 544. The lowest BCUT2D eigenvalue weighted by Crippen LogP contribution is -2.25. The lowest BCUT2D eigenvalue weighted by atomic mass is 10.3. The van der Waals surface area contributed by atoms with Crippen molar-refractivity contribution in [3.63, 3.8) is 0 Å². The molecule has 0 saturated heterocycles. The molecule has 3 nitrogen and oxygen atoms in total. The van der Waals surface area contributed by atoms with Gasteiger partial charge in [-0.25, -0.2) is 4.98 Å². The molecule has 0 aliphatic heterocycles. The van der Waals surface area contributed by atoms with Crippen LogP contribution in [0, 0.1) is 0 Å². The van der Waals surface area contributed by atoms with Crippen molar-refractivity contribution in [3.05, 3.63) is 38.5 Å². The van der Waals surface area contributed by atoms with Crippen LogP contribution in [0.25, 0.3) is 0 Å². The molecule has 5 heteroatoms. The molecule has 2 aromatic heterocycles. The zero-order valence-corrected chi connectivity index (χ0v) is 14.3. The second kappa shape index (κ2) is 7.01. The SMILES string of the molecule is CC(C)NCc1nc(CN(Cc2cccs2)C2CC2)cs1. The Morgan fingerprint density at radius 3 is 2.86 bits per heavy atom. The van der Waals surface area contributed by atoms with Gasteiger partial charge in [0.25, 0.3) is 0 Å². The molecule has 0 atom stereocenters. The highest BCUT2D eigenvalue weighted by Gasteiger charge is 2.29. The van der Waals surface area contributed by atoms with Crippen LogP contribution in [-0.4, -0.2) is 22.0 Å². The van der Waals surface area contributed by atoms with Crippen molar-refractivity contribution in [2.24, 2.45) is 0 Å². The number of aromatic nitrogens is 1. The van der Waals surface area contributed by atoms with Crippen molar-refractivity contribution in [1.29, 1.82) is 0 Å². The van der Waals surface area contributed by atoms with Crippen LogP contribution >= 0.6 is 22.7 Å². The number of nitrogens with zero attached hydrogens (tertiary/aromatic N) is 2. The monoisotopic (exact) mass is 321 g/mol. The Labute approximate surface area is 135 Å². The minimum atomic E-state index is 0.513. The van der Waals surface area contributed by atoms with Gasteiger partial charge in [-0.15, -0.1) is 22.7 Å². The number of rotatable bonds is 8. The van der Waals surface area contributed by atoms with Crippen LogP contribution in [0.3, 0.4) is 0 Å². The van der Waals surface area contributed by atoms with E-state index in [-0.39, 0.29) is 0 Å². The number of hydrogen-bond donors (Lipinski definition) is 1. The molecule has 0 aromatic carbocycles. The highest BCUT2D eigenvalue weighted by Crippen LogP contribution is 2.30. The molecule has 0 radical (unpaired) electrons. The number of nitrogens with one attached hydrogen (secondary N) is 1. The van der Waals surface area contributed by atoms with Crippen molar-refractivity contribution < 1.29 is 0 Å². The van der Waals surface area contributed by atoms with E-state index in [4.69, 9.17) is 4.98 Å². The summed E-state index contributed by atoms with van der Waals surface area (Å²) < 4.78 is 0. The minimum Gasteiger partial charge on any atom is -0.308 e. The molecule has 2 aromatic rings. The molecule has 0 amide bonds. The summed E-state index contributed by atoms with van der Waals surface area (Å²) in [7, 11) is 0. The summed E-state index contributed by atoms with van der Waals surface area (Å²) in [6.45, 7) is 7.28. The summed E-state index contributed by atoms with van der Waals surface area (Å²) in [5, 5.41) is 9.02. The Balaban J connectivity index is 1.58. The Hall–Kier alpha value is -0.750. The number of thiophene rings is 1. The Kier molecular flexibility index (Phi) is 5.06. The van der Waals surface area contributed by atoms with Crippen molar-refractivity contribution in [2.75, 3.05) is 0 Å². The maximum absolute atomic E-state index is 4.78. The van der Waals surface area contributed by atoms with E-state index in [9.17, 15) is 0 Å². The second-order valence-corrected chi connectivity index (χ2v) is 7.96. The van der Waals surface area contributed by atoms with Gasteiger partial charge in [-0.3, -0.25) is 4.90 Å². The van der Waals surface area contributed by atoms with E-state index in [1.807, 2.05) is 11.3 Å². The van der Waals surface area contributed by atoms with Gasteiger partial charge in [-0.2, -0.15) is 0 Å². The molecule has 21 heavy (non-hydrogen) atoms. The first kappa shape index (κ1) is 15.2. The first-order valence-electron chi connectivity index (χ1n) is 7.64. The van der Waals surface area contributed by atoms with Crippen LogP contribution < -0.4 is 5.32 Å². The van der Waals surface area contributed by atoms with Gasteiger partial charge >= 0.3 is 0 Å². The van der Waals surface area contributed by atoms with E-state index >= 15 is 0 Å². The third-order valence-electron chi connectivity index (χ3n) is 3.63. The molecule has 1 fully saturated rings. The van der Waals surface area contributed by atoms with E-state index in [1.54, 1.807) is 11.3 Å². The van der Waals surface area contributed by atoms with Crippen LogP contribution in [0.2, 0.25) is 0 Å². The average molecular weight is 322 g/mol. The van der Waals surface area contributed by atoms with Crippen molar-refractivity contribution in [2.45, 2.75) is 58.4 Å². The summed E-state index contributed by atoms with van der Waals surface area (Å²) in [6, 6.07) is 5.66. The van der Waals surface area contributed by atoms with E-state index in [0.717, 1.165) is 25.7 Å². The van der Waals surface area contributed by atoms with Crippen LogP contribution in [0.5, 0.6) is 0 Å². The molecule has 1 aliphatic carbocycles. The van der Waals surface area contributed by atoms with Crippen LogP contribution in [0.15, 0.2) is 22.9 Å². The molecule has 0 unspecified atom stereocenters. The topological polar surface area (TPSA) is 28.2 Å². The first-order chi connectivity index (χ1) is 10.2. The number of thiazole rings is 1. The third kappa shape index (κ3) is 4.61. The standard InChI is InChI=1S/C16H23N3S2/c1-12(2)17-8-16-18-13(11-21-16)9-19(14-5-6-14)10-15-4-3-7-20-15/h3-4,7,11-12,14,17H,5-6,8-10H2,1-2H3. The zero-order valence-electron chi connectivity index (χ0n) is 12.7. The smallest absolute Gasteiger partial charge is 0.107 e. The molecule has 0 spiro atoms. The molecule has 114 valence electrons. The number of hydrogen-bond acceptors (Lipinski definition) is 5. The van der Waals surface area contributed by atoms with Crippen LogP contribution in [0.1, 0.15) is 42.3 Å². The van der Waals surface area contributed by atoms with Crippen LogP contribution in [0.4, 0.5) is 0 Å². The average Bonchev–Trinajstić information content (AvgIpc) is 2.99. The summed E-state index contributed by atoms with van der Waals surface area (Å²) >= 11 is 3.63. The van der Waals surface area contributed by atoms with E-state index < -0.39 is 0 Å². The summed E-state index contributed by atoms with van der Waals surface area (Å²) in [5.41, 5.74) is 1.23. The fourth-order valence-corrected chi connectivity index (χ4v) is 3.82. The molecule has 3 rings (SSSR count). The van der Waals surface area contributed by atoms with Crippen molar-refractivity contribution >= 4 is 22.7 Å². The summed E-state index contributed by atoms with van der Waals surface area (Å²) in [4.78, 5) is 8.82. The predicted molar refractivity (Wildman–Crippen MR) is 90.7 cm³/mol. The van der Waals surface area contributed by atoms with E-state index in [2.05, 4.69) is 47.0 Å². The van der Waals surface area contributed by atoms with Gasteiger partial charge in [0.1, 0.15) is 5.01 Å². The maximum atomic E-state index is 4.78. The molecular formula is C16H23N3S2. The highest BCUT2D eigenvalue weighted by molar-refractivity contribution is 7.10. The lowest BCUT2D eigenvalue weighted by Gasteiger charge is -2.20. The lowest BCUT2D eigenvalue weighted by molar-refractivity contribution is 0.245. The minimum absolute atomic E-state index is 0.513. The van der Waals surface area contributed by atoms with Gasteiger partial charge in [0, 0.05) is 42.0 Å². The first-order valence-corrected chi connectivity index (χ1v) is 9.39. The molecule has 0 bridgehead atoms. The largest absolute Gasteiger partial charge is 0.308 e. The zero-order chi connectivity index (χ0) is 14.7. The van der Waals surface area contributed by atoms with Gasteiger partial charge < -0.3 is 5.32 Å². The van der Waals surface area contributed by atoms with E-state index in [1.165, 1.54) is 28.4 Å². The van der Waals surface area contributed by atoms with Crippen LogP contribution in [-0.2, 0) is 19.6 Å². The molecular weight excluding hydrogens is 298 g/mol. The molecule has 1 aliphatic rings. The summed E-state index contributed by atoms with van der Waals surface area (Å²) in [6.07, 6.45) is 2.69. The Morgan fingerprint density at radius 2 is 2.19 bits per heavy atom. The van der Waals surface area contributed by atoms with Gasteiger partial charge in [0.05, 0.1) is 5.69 Å². The van der Waals surface area contributed by atoms with Crippen molar-refractivity contribution in [1.82, 2.24) is 15.2 Å².